The Balaban J connectivity index is 1.45. The maximum atomic E-state index is 4.78. The van der Waals surface area contributed by atoms with E-state index in [0.717, 1.165) is 49.8 Å². The number of hydrogen-bond acceptors (Lipinski definition) is 5. The van der Waals surface area contributed by atoms with Crippen LogP contribution in [-0.4, -0.2) is 42.2 Å². The van der Waals surface area contributed by atoms with Crippen LogP contribution in [0.15, 0.2) is 12.3 Å². The standard InChI is InChI=1S/C18H29N5/c1-12-14-10-13(18(14,2)3)11-15(12)21-17-20-5-4-16(22-17)23-8-6-19-7-9-23/h4-5,12-15,19H,6-11H2,1-3H3,(H,20,21,22)/t12-,13+,14+,15+/m1/s1. The van der Waals surface area contributed by atoms with Crippen LogP contribution in [0.1, 0.15) is 33.6 Å². The van der Waals surface area contributed by atoms with Crippen molar-refractivity contribution in [3.05, 3.63) is 12.3 Å². The lowest BCUT2D eigenvalue weighted by Gasteiger charge is -2.62. The zero-order valence-corrected chi connectivity index (χ0v) is 14.5. The van der Waals surface area contributed by atoms with Gasteiger partial charge in [-0.25, -0.2) is 4.98 Å². The fourth-order valence-corrected chi connectivity index (χ4v) is 5.00. The normalized spacial score (nSPS) is 35.5. The lowest BCUT2D eigenvalue weighted by Crippen LogP contribution is -2.58. The van der Waals surface area contributed by atoms with Gasteiger partial charge in [-0.15, -0.1) is 0 Å². The quantitative estimate of drug-likeness (QED) is 0.897. The van der Waals surface area contributed by atoms with Gasteiger partial charge in [0.15, 0.2) is 0 Å². The van der Waals surface area contributed by atoms with Crippen molar-refractivity contribution in [1.82, 2.24) is 15.3 Å². The van der Waals surface area contributed by atoms with Crippen LogP contribution in [0.4, 0.5) is 11.8 Å². The van der Waals surface area contributed by atoms with E-state index in [2.05, 4.69) is 41.3 Å². The first kappa shape index (κ1) is 15.2. The molecule has 4 fully saturated rings. The minimum atomic E-state index is 0.519. The van der Waals surface area contributed by atoms with Gasteiger partial charge in [0.25, 0.3) is 0 Å². The van der Waals surface area contributed by atoms with Crippen molar-refractivity contribution in [3.8, 4) is 0 Å². The average Bonchev–Trinajstić information content (AvgIpc) is 2.57. The number of rotatable bonds is 3. The number of nitrogens with zero attached hydrogens (tertiary/aromatic N) is 3. The fraction of sp³-hybridized carbons (Fsp3) is 0.778. The topological polar surface area (TPSA) is 53.1 Å². The monoisotopic (exact) mass is 315 g/mol. The molecule has 1 aromatic heterocycles. The number of hydrogen-bond donors (Lipinski definition) is 2. The molecule has 0 unspecified atom stereocenters. The van der Waals surface area contributed by atoms with Gasteiger partial charge in [0, 0.05) is 38.4 Å². The summed E-state index contributed by atoms with van der Waals surface area (Å²) in [5, 5.41) is 7.03. The molecule has 3 saturated carbocycles. The highest BCUT2D eigenvalue weighted by molar-refractivity contribution is 5.43. The third-order valence-corrected chi connectivity index (χ3v) is 6.75. The summed E-state index contributed by atoms with van der Waals surface area (Å²) in [4.78, 5) is 11.6. The molecule has 0 aromatic carbocycles. The first-order valence-electron chi connectivity index (χ1n) is 9.11. The molecule has 5 heteroatoms. The molecular weight excluding hydrogens is 286 g/mol. The van der Waals surface area contributed by atoms with Crippen molar-refractivity contribution in [2.75, 3.05) is 36.4 Å². The predicted octanol–water partition coefficient (Wildman–Crippen LogP) is 2.37. The highest BCUT2D eigenvalue weighted by Gasteiger charge is 2.56. The van der Waals surface area contributed by atoms with Crippen LogP contribution >= 0.6 is 0 Å². The maximum absolute atomic E-state index is 4.78. The molecule has 5 rings (SSSR count). The van der Waals surface area contributed by atoms with E-state index in [4.69, 9.17) is 4.98 Å². The zero-order valence-electron chi connectivity index (χ0n) is 14.5. The highest BCUT2D eigenvalue weighted by atomic mass is 15.3. The van der Waals surface area contributed by atoms with Gasteiger partial charge in [-0.1, -0.05) is 20.8 Å². The van der Waals surface area contributed by atoms with Gasteiger partial charge < -0.3 is 15.5 Å². The molecule has 4 aliphatic rings. The third-order valence-electron chi connectivity index (χ3n) is 6.75. The zero-order chi connectivity index (χ0) is 16.0. The van der Waals surface area contributed by atoms with Crippen molar-refractivity contribution in [1.29, 1.82) is 0 Å². The van der Waals surface area contributed by atoms with Crippen LogP contribution in [0.25, 0.3) is 0 Å². The van der Waals surface area contributed by atoms with E-state index >= 15 is 0 Å². The summed E-state index contributed by atoms with van der Waals surface area (Å²) < 4.78 is 0. The van der Waals surface area contributed by atoms with Gasteiger partial charge in [0.2, 0.25) is 5.95 Å². The Bertz CT molecular complexity index is 566. The van der Waals surface area contributed by atoms with E-state index in [1.807, 2.05) is 12.3 Å². The summed E-state index contributed by atoms with van der Waals surface area (Å²) in [6.07, 6.45) is 4.56. The van der Waals surface area contributed by atoms with E-state index in [0.29, 0.717) is 17.4 Å². The molecular formula is C18H29N5. The molecule has 5 nitrogen and oxygen atoms in total. The second-order valence-corrected chi connectivity index (χ2v) is 8.18. The maximum Gasteiger partial charge on any atom is 0.224 e. The second kappa shape index (κ2) is 5.62. The summed E-state index contributed by atoms with van der Waals surface area (Å²) in [6, 6.07) is 2.55. The van der Waals surface area contributed by atoms with Gasteiger partial charge in [-0.05, 0) is 42.1 Å². The van der Waals surface area contributed by atoms with Crippen LogP contribution in [0.5, 0.6) is 0 Å². The Morgan fingerprint density at radius 1 is 1.26 bits per heavy atom. The van der Waals surface area contributed by atoms with E-state index in [1.54, 1.807) is 0 Å². The van der Waals surface area contributed by atoms with Crippen molar-refractivity contribution in [2.45, 2.75) is 39.7 Å². The molecule has 4 atom stereocenters. The van der Waals surface area contributed by atoms with Crippen molar-refractivity contribution >= 4 is 11.8 Å². The van der Waals surface area contributed by atoms with E-state index in [-0.39, 0.29) is 0 Å². The van der Waals surface area contributed by atoms with Crippen molar-refractivity contribution in [2.24, 2.45) is 23.2 Å². The van der Waals surface area contributed by atoms with E-state index in [9.17, 15) is 0 Å². The van der Waals surface area contributed by atoms with Gasteiger partial charge in [0.1, 0.15) is 5.82 Å². The van der Waals surface area contributed by atoms with Crippen LogP contribution in [0.2, 0.25) is 0 Å². The Labute approximate surface area is 139 Å². The minimum absolute atomic E-state index is 0.519. The molecule has 126 valence electrons. The summed E-state index contributed by atoms with van der Waals surface area (Å²) in [5.41, 5.74) is 0.529. The van der Waals surface area contributed by atoms with Crippen molar-refractivity contribution < 1.29 is 0 Å². The largest absolute Gasteiger partial charge is 0.354 e. The lowest BCUT2D eigenvalue weighted by molar-refractivity contribution is -0.105. The highest BCUT2D eigenvalue weighted by Crippen LogP contribution is 2.61. The Morgan fingerprint density at radius 3 is 2.74 bits per heavy atom. The number of aromatic nitrogens is 2. The minimum Gasteiger partial charge on any atom is -0.354 e. The first-order valence-corrected chi connectivity index (χ1v) is 9.11. The summed E-state index contributed by atoms with van der Waals surface area (Å²) in [7, 11) is 0. The second-order valence-electron chi connectivity index (χ2n) is 8.18. The SMILES string of the molecule is C[C@H]1[C@@H](Nc2nccc(N3CCNCC3)n2)C[C@@H]2C[C@@H]1C2(C)C. The summed E-state index contributed by atoms with van der Waals surface area (Å²) in [6.45, 7) is 11.4. The Kier molecular flexibility index (Phi) is 3.71. The van der Waals surface area contributed by atoms with Crippen LogP contribution in [0, 0.1) is 23.2 Å². The smallest absolute Gasteiger partial charge is 0.224 e. The molecule has 2 heterocycles. The number of fused-ring (bicyclic) bond motifs is 2. The fourth-order valence-electron chi connectivity index (χ4n) is 5.00. The number of nitrogens with one attached hydrogen (secondary N) is 2. The molecule has 0 radical (unpaired) electrons. The summed E-state index contributed by atoms with van der Waals surface area (Å²) in [5.74, 6) is 4.25. The van der Waals surface area contributed by atoms with Gasteiger partial charge >= 0.3 is 0 Å². The van der Waals surface area contributed by atoms with Crippen molar-refractivity contribution in [3.63, 3.8) is 0 Å². The number of piperazine rings is 1. The molecule has 2 N–H and O–H groups in total. The molecule has 1 aromatic rings. The molecule has 0 amide bonds. The molecule has 2 bridgehead atoms. The van der Waals surface area contributed by atoms with Gasteiger partial charge in [-0.3, -0.25) is 0 Å². The summed E-state index contributed by atoms with van der Waals surface area (Å²) >= 11 is 0. The van der Waals surface area contributed by atoms with E-state index in [1.165, 1.54) is 12.8 Å². The van der Waals surface area contributed by atoms with E-state index < -0.39 is 0 Å². The molecule has 3 aliphatic carbocycles. The van der Waals surface area contributed by atoms with Gasteiger partial charge in [0.05, 0.1) is 0 Å². The van der Waals surface area contributed by atoms with Crippen LogP contribution in [0.3, 0.4) is 0 Å². The predicted molar refractivity (Wildman–Crippen MR) is 93.7 cm³/mol. The van der Waals surface area contributed by atoms with Crippen LogP contribution in [-0.2, 0) is 0 Å². The molecule has 0 spiro atoms. The lowest BCUT2D eigenvalue weighted by atomic mass is 9.45. The first-order chi connectivity index (χ1) is 11.1. The Hall–Kier alpha value is -1.36. The third kappa shape index (κ3) is 2.59. The van der Waals surface area contributed by atoms with Gasteiger partial charge in [-0.2, -0.15) is 4.98 Å². The average molecular weight is 315 g/mol. The molecule has 1 aliphatic heterocycles. The molecule has 1 saturated heterocycles. The Morgan fingerprint density at radius 2 is 2.04 bits per heavy atom. The molecule has 23 heavy (non-hydrogen) atoms. The number of anilines is 2. The van der Waals surface area contributed by atoms with Crippen LogP contribution < -0.4 is 15.5 Å².